The molecule has 0 unspecified atom stereocenters. The SMILES string of the molecule is Cc1cc(NC(=S)NCC(F)(F)F)ccc1SCC(F)(F)F. The number of thiocarbonyl (C=S) groups is 1. The Morgan fingerprint density at radius 2 is 1.77 bits per heavy atom. The van der Waals surface area contributed by atoms with Gasteiger partial charge in [-0.3, -0.25) is 0 Å². The number of hydrogen-bond acceptors (Lipinski definition) is 2. The Morgan fingerprint density at radius 1 is 1.14 bits per heavy atom. The van der Waals surface area contributed by atoms with E-state index in [0.717, 1.165) is 0 Å². The average Bonchev–Trinajstić information content (AvgIpc) is 2.33. The fourth-order valence-corrected chi connectivity index (χ4v) is 2.36. The highest BCUT2D eigenvalue weighted by Gasteiger charge is 2.28. The number of rotatable bonds is 4. The number of anilines is 1. The standard InChI is InChI=1S/C12H12F6N2S2/c1-7-4-8(20-10(21)19-5-11(13,14)15)2-3-9(7)22-6-12(16,17)18/h2-4H,5-6H2,1H3,(H2,19,20,21). The normalized spacial score (nSPS) is 12.1. The quantitative estimate of drug-likeness (QED) is 0.468. The highest BCUT2D eigenvalue weighted by molar-refractivity contribution is 7.99. The lowest BCUT2D eigenvalue weighted by atomic mass is 10.2. The van der Waals surface area contributed by atoms with Crippen molar-refractivity contribution in [1.82, 2.24) is 5.32 Å². The summed E-state index contributed by atoms with van der Waals surface area (Å²) in [6.45, 7) is 0.341. The number of aryl methyl sites for hydroxylation is 1. The Labute approximate surface area is 132 Å². The molecule has 1 aromatic rings. The lowest BCUT2D eigenvalue weighted by Gasteiger charge is -2.14. The Bertz CT molecular complexity index is 527. The third-order valence-electron chi connectivity index (χ3n) is 2.27. The minimum atomic E-state index is -4.39. The number of thioether (sulfide) groups is 1. The number of benzene rings is 1. The fraction of sp³-hybridized carbons (Fsp3) is 0.417. The molecule has 10 heteroatoms. The van der Waals surface area contributed by atoms with Gasteiger partial charge in [-0.25, -0.2) is 0 Å². The van der Waals surface area contributed by atoms with Gasteiger partial charge >= 0.3 is 12.4 Å². The molecule has 0 fully saturated rings. The summed E-state index contributed by atoms with van der Waals surface area (Å²) in [6, 6.07) is 4.42. The van der Waals surface area contributed by atoms with Gasteiger partial charge in [-0.2, -0.15) is 26.3 Å². The molecule has 0 aliphatic rings. The second-order valence-corrected chi connectivity index (χ2v) is 5.73. The van der Waals surface area contributed by atoms with Crippen LogP contribution < -0.4 is 10.6 Å². The second kappa shape index (κ2) is 7.40. The van der Waals surface area contributed by atoms with Crippen LogP contribution in [0.3, 0.4) is 0 Å². The van der Waals surface area contributed by atoms with Crippen LogP contribution in [0.4, 0.5) is 32.0 Å². The second-order valence-electron chi connectivity index (χ2n) is 4.31. The Kier molecular flexibility index (Phi) is 6.36. The zero-order valence-corrected chi connectivity index (χ0v) is 12.9. The first-order valence-corrected chi connectivity index (χ1v) is 7.27. The molecule has 0 spiro atoms. The Morgan fingerprint density at radius 3 is 2.27 bits per heavy atom. The zero-order chi connectivity index (χ0) is 17.0. The van der Waals surface area contributed by atoms with Gasteiger partial charge in [-0.15, -0.1) is 11.8 Å². The van der Waals surface area contributed by atoms with Gasteiger partial charge in [-0.1, -0.05) is 0 Å². The first-order valence-electron chi connectivity index (χ1n) is 5.88. The molecule has 0 saturated carbocycles. The van der Waals surface area contributed by atoms with Gasteiger partial charge in [-0.05, 0) is 42.9 Å². The van der Waals surface area contributed by atoms with Crippen molar-refractivity contribution in [2.24, 2.45) is 0 Å². The van der Waals surface area contributed by atoms with E-state index in [1.807, 2.05) is 5.32 Å². The predicted molar refractivity (Wildman–Crippen MR) is 78.2 cm³/mol. The Balaban J connectivity index is 2.60. The van der Waals surface area contributed by atoms with Crippen molar-refractivity contribution in [3.8, 4) is 0 Å². The van der Waals surface area contributed by atoms with Crippen molar-refractivity contribution < 1.29 is 26.3 Å². The van der Waals surface area contributed by atoms with E-state index in [-0.39, 0.29) is 5.11 Å². The summed E-state index contributed by atoms with van der Waals surface area (Å²) in [5.41, 5.74) is 0.964. The molecule has 22 heavy (non-hydrogen) atoms. The molecular weight excluding hydrogens is 350 g/mol. The topological polar surface area (TPSA) is 24.1 Å². The number of hydrogen-bond donors (Lipinski definition) is 2. The molecule has 0 saturated heterocycles. The molecule has 0 radical (unpaired) electrons. The highest BCUT2D eigenvalue weighted by Crippen LogP contribution is 2.30. The van der Waals surface area contributed by atoms with Crippen LogP contribution in [0.1, 0.15) is 5.56 Å². The fourth-order valence-electron chi connectivity index (χ4n) is 1.40. The summed E-state index contributed by atoms with van der Waals surface area (Å²) in [6.07, 6.45) is -8.66. The molecule has 0 amide bonds. The number of halogens is 6. The molecule has 0 bridgehead atoms. The summed E-state index contributed by atoms with van der Waals surface area (Å²) < 4.78 is 72.5. The number of alkyl halides is 6. The predicted octanol–water partition coefficient (Wildman–Crippen LogP) is 4.50. The van der Waals surface area contributed by atoms with E-state index in [1.54, 1.807) is 6.92 Å². The first kappa shape index (κ1) is 18.9. The van der Waals surface area contributed by atoms with E-state index in [0.29, 0.717) is 27.9 Å². The minimum absolute atomic E-state index is 0.215. The van der Waals surface area contributed by atoms with Crippen molar-refractivity contribution in [2.75, 3.05) is 17.6 Å². The van der Waals surface area contributed by atoms with Gasteiger partial charge < -0.3 is 10.6 Å². The van der Waals surface area contributed by atoms with Crippen molar-refractivity contribution in [1.29, 1.82) is 0 Å². The molecule has 0 aliphatic carbocycles. The molecule has 0 aromatic heterocycles. The van der Waals surface area contributed by atoms with Crippen molar-refractivity contribution in [3.63, 3.8) is 0 Å². The summed E-state index contributed by atoms with van der Waals surface area (Å²) in [5.74, 6) is -1.01. The van der Waals surface area contributed by atoms with Crippen molar-refractivity contribution in [2.45, 2.75) is 24.2 Å². The van der Waals surface area contributed by atoms with Crippen LogP contribution in [0.15, 0.2) is 23.1 Å². The largest absolute Gasteiger partial charge is 0.405 e. The van der Waals surface area contributed by atoms with Gasteiger partial charge in [0.15, 0.2) is 5.11 Å². The first-order chi connectivity index (χ1) is 9.96. The van der Waals surface area contributed by atoms with Gasteiger partial charge in [0.1, 0.15) is 6.54 Å². The van der Waals surface area contributed by atoms with E-state index in [4.69, 9.17) is 12.2 Å². The third kappa shape index (κ3) is 7.74. The van der Waals surface area contributed by atoms with E-state index in [1.165, 1.54) is 18.2 Å². The number of nitrogens with one attached hydrogen (secondary N) is 2. The molecule has 2 N–H and O–H groups in total. The lowest BCUT2D eigenvalue weighted by molar-refractivity contribution is -0.121. The summed E-state index contributed by atoms with van der Waals surface area (Å²) >= 11 is 5.35. The van der Waals surface area contributed by atoms with Crippen molar-refractivity contribution in [3.05, 3.63) is 23.8 Å². The van der Waals surface area contributed by atoms with Gasteiger partial charge in [0.05, 0.1) is 5.75 Å². The van der Waals surface area contributed by atoms with Crippen LogP contribution >= 0.6 is 24.0 Å². The van der Waals surface area contributed by atoms with Crippen LogP contribution in [0.25, 0.3) is 0 Å². The third-order valence-corrected chi connectivity index (χ3v) is 3.76. The summed E-state index contributed by atoms with van der Waals surface area (Å²) in [4.78, 5) is 0.442. The van der Waals surface area contributed by atoms with E-state index in [2.05, 4.69) is 5.32 Å². The molecule has 0 heterocycles. The van der Waals surface area contributed by atoms with E-state index >= 15 is 0 Å². The molecular formula is C12H12F6N2S2. The van der Waals surface area contributed by atoms with Gasteiger partial charge in [0.2, 0.25) is 0 Å². The average molecular weight is 362 g/mol. The maximum Gasteiger partial charge on any atom is 0.405 e. The molecule has 1 rings (SSSR count). The molecule has 0 atom stereocenters. The van der Waals surface area contributed by atoms with Crippen molar-refractivity contribution >= 4 is 34.8 Å². The van der Waals surface area contributed by atoms with Crippen LogP contribution in [0.5, 0.6) is 0 Å². The zero-order valence-electron chi connectivity index (χ0n) is 11.2. The summed E-state index contributed by atoms with van der Waals surface area (Å²) in [5, 5.41) is 4.32. The molecule has 2 nitrogen and oxygen atoms in total. The van der Waals surface area contributed by atoms with Crippen LogP contribution in [-0.2, 0) is 0 Å². The monoisotopic (exact) mass is 362 g/mol. The molecule has 124 valence electrons. The molecule has 0 aliphatic heterocycles. The van der Waals surface area contributed by atoms with E-state index in [9.17, 15) is 26.3 Å². The van der Waals surface area contributed by atoms with Crippen LogP contribution in [-0.4, -0.2) is 29.8 Å². The van der Waals surface area contributed by atoms with E-state index < -0.39 is 24.7 Å². The maximum atomic E-state index is 12.2. The van der Waals surface area contributed by atoms with Crippen LogP contribution in [0, 0.1) is 6.92 Å². The Hall–Kier alpha value is -1.16. The summed E-state index contributed by atoms with van der Waals surface area (Å²) in [7, 11) is 0. The highest BCUT2D eigenvalue weighted by atomic mass is 32.2. The molecule has 1 aromatic carbocycles. The van der Waals surface area contributed by atoms with Gasteiger partial charge in [0, 0.05) is 10.6 Å². The lowest BCUT2D eigenvalue weighted by Crippen LogP contribution is -2.36. The smallest absolute Gasteiger partial charge is 0.353 e. The van der Waals surface area contributed by atoms with Gasteiger partial charge in [0.25, 0.3) is 0 Å². The maximum absolute atomic E-state index is 12.2. The minimum Gasteiger partial charge on any atom is -0.353 e. The van der Waals surface area contributed by atoms with Crippen LogP contribution in [0.2, 0.25) is 0 Å².